The van der Waals surface area contributed by atoms with Gasteiger partial charge in [0.25, 0.3) is 0 Å². The van der Waals surface area contributed by atoms with E-state index in [2.05, 4.69) is 5.48 Å². The van der Waals surface area contributed by atoms with E-state index in [4.69, 9.17) is 4.84 Å². The van der Waals surface area contributed by atoms with Crippen LogP contribution in [0, 0.1) is 6.92 Å². The van der Waals surface area contributed by atoms with Crippen LogP contribution in [0.25, 0.3) is 0 Å². The smallest absolute Gasteiger partial charge is 0.150 e. The molecule has 0 aliphatic heterocycles. The van der Waals surface area contributed by atoms with Gasteiger partial charge in [-0.2, -0.15) is 5.48 Å². The zero-order chi connectivity index (χ0) is 7.40. The molecular weight excluding hydrogens is 126 g/mol. The second-order valence-corrected chi connectivity index (χ2v) is 2.07. The summed E-state index contributed by atoms with van der Waals surface area (Å²) in [5.41, 5.74) is 3.76. The first-order chi connectivity index (χ1) is 4.84. The van der Waals surface area contributed by atoms with Crippen molar-refractivity contribution in [1.82, 2.24) is 5.48 Å². The van der Waals surface area contributed by atoms with Crippen LogP contribution in [0.4, 0.5) is 0 Å². The second kappa shape index (κ2) is 3.22. The van der Waals surface area contributed by atoms with E-state index < -0.39 is 0 Å². The zero-order valence-corrected chi connectivity index (χ0v) is 6.22. The van der Waals surface area contributed by atoms with Crippen LogP contribution in [-0.2, 0) is 0 Å². The Hall–Kier alpha value is -1.02. The topological polar surface area (TPSA) is 21.3 Å². The highest BCUT2D eigenvalue weighted by molar-refractivity contribution is 5.31. The molecular formula is C8H11NO. The van der Waals surface area contributed by atoms with Crippen LogP contribution < -0.4 is 10.3 Å². The lowest BCUT2D eigenvalue weighted by molar-refractivity contribution is 0.222. The average molecular weight is 137 g/mol. The highest BCUT2D eigenvalue weighted by Gasteiger charge is 1.93. The normalized spacial score (nSPS) is 9.40. The molecule has 0 heterocycles. The summed E-state index contributed by atoms with van der Waals surface area (Å²) >= 11 is 0. The maximum atomic E-state index is 5.09. The summed E-state index contributed by atoms with van der Waals surface area (Å²) in [5, 5.41) is 0. The van der Waals surface area contributed by atoms with Crippen LogP contribution in [0.2, 0.25) is 0 Å². The first-order valence-electron chi connectivity index (χ1n) is 3.24. The van der Waals surface area contributed by atoms with E-state index in [1.165, 1.54) is 0 Å². The van der Waals surface area contributed by atoms with Gasteiger partial charge in [0.15, 0.2) is 0 Å². The number of aryl methyl sites for hydroxylation is 1. The van der Waals surface area contributed by atoms with Crippen molar-refractivity contribution in [2.24, 2.45) is 0 Å². The van der Waals surface area contributed by atoms with Crippen LogP contribution >= 0.6 is 0 Å². The fraction of sp³-hybridized carbons (Fsp3) is 0.250. The minimum absolute atomic E-state index is 0.880. The highest BCUT2D eigenvalue weighted by Crippen LogP contribution is 2.14. The number of nitrogens with one attached hydrogen (secondary N) is 1. The molecule has 0 fully saturated rings. The van der Waals surface area contributed by atoms with Crippen LogP contribution in [0.5, 0.6) is 5.75 Å². The van der Waals surface area contributed by atoms with Gasteiger partial charge in [0.05, 0.1) is 0 Å². The largest absolute Gasteiger partial charge is 0.409 e. The fourth-order valence-corrected chi connectivity index (χ4v) is 0.781. The average Bonchev–Trinajstić information content (AvgIpc) is 1.94. The Labute approximate surface area is 60.8 Å². The molecule has 1 aromatic rings. The molecule has 2 nitrogen and oxygen atoms in total. The van der Waals surface area contributed by atoms with Crippen molar-refractivity contribution in [2.75, 3.05) is 7.05 Å². The first-order valence-corrected chi connectivity index (χ1v) is 3.24. The quantitative estimate of drug-likeness (QED) is 0.624. The Morgan fingerprint density at radius 1 is 1.30 bits per heavy atom. The summed E-state index contributed by atoms with van der Waals surface area (Å²) in [6, 6.07) is 7.86. The van der Waals surface area contributed by atoms with E-state index in [9.17, 15) is 0 Å². The van der Waals surface area contributed by atoms with Crippen molar-refractivity contribution in [3.8, 4) is 5.75 Å². The van der Waals surface area contributed by atoms with Crippen molar-refractivity contribution in [2.45, 2.75) is 6.92 Å². The SMILES string of the molecule is CNOc1ccccc1C. The summed E-state index contributed by atoms with van der Waals surface area (Å²) in [4.78, 5) is 5.09. The van der Waals surface area contributed by atoms with Gasteiger partial charge in [0.2, 0.25) is 0 Å². The van der Waals surface area contributed by atoms with Crippen molar-refractivity contribution >= 4 is 0 Å². The Kier molecular flexibility index (Phi) is 2.29. The molecule has 0 aromatic heterocycles. The first kappa shape index (κ1) is 7.09. The zero-order valence-electron chi connectivity index (χ0n) is 6.22. The third kappa shape index (κ3) is 1.48. The van der Waals surface area contributed by atoms with Crippen molar-refractivity contribution in [3.05, 3.63) is 29.8 Å². The molecule has 0 aliphatic rings. The molecule has 0 saturated carbocycles. The van der Waals surface area contributed by atoms with Crippen molar-refractivity contribution in [3.63, 3.8) is 0 Å². The monoisotopic (exact) mass is 137 g/mol. The van der Waals surface area contributed by atoms with E-state index in [-0.39, 0.29) is 0 Å². The summed E-state index contributed by atoms with van der Waals surface area (Å²) in [6.07, 6.45) is 0. The predicted octanol–water partition coefficient (Wildman–Crippen LogP) is 1.51. The molecule has 0 amide bonds. The lowest BCUT2D eigenvalue weighted by atomic mass is 10.2. The minimum Gasteiger partial charge on any atom is -0.409 e. The second-order valence-electron chi connectivity index (χ2n) is 2.07. The Morgan fingerprint density at radius 2 is 2.00 bits per heavy atom. The van der Waals surface area contributed by atoms with Crippen molar-refractivity contribution < 1.29 is 4.84 Å². The molecule has 54 valence electrons. The lowest BCUT2D eigenvalue weighted by Gasteiger charge is -2.04. The number of benzene rings is 1. The van der Waals surface area contributed by atoms with Gasteiger partial charge in [-0.15, -0.1) is 0 Å². The van der Waals surface area contributed by atoms with Gasteiger partial charge < -0.3 is 4.84 Å². The standard InChI is InChI=1S/C8H11NO/c1-7-5-3-4-6-8(7)10-9-2/h3-6,9H,1-2H3. The molecule has 1 rings (SSSR count). The molecule has 0 bridgehead atoms. The number of hydroxylamine groups is 1. The molecule has 0 radical (unpaired) electrons. The molecule has 1 N–H and O–H groups in total. The van der Waals surface area contributed by atoms with E-state index >= 15 is 0 Å². The van der Waals surface area contributed by atoms with Gasteiger partial charge in [-0.05, 0) is 18.6 Å². The van der Waals surface area contributed by atoms with E-state index in [1.54, 1.807) is 7.05 Å². The molecule has 2 heteroatoms. The van der Waals surface area contributed by atoms with Crippen LogP contribution in [0.3, 0.4) is 0 Å². The van der Waals surface area contributed by atoms with Gasteiger partial charge >= 0.3 is 0 Å². The van der Waals surface area contributed by atoms with Gasteiger partial charge in [0, 0.05) is 7.05 Å². The van der Waals surface area contributed by atoms with Crippen molar-refractivity contribution in [1.29, 1.82) is 0 Å². The third-order valence-corrected chi connectivity index (χ3v) is 1.31. The summed E-state index contributed by atoms with van der Waals surface area (Å²) < 4.78 is 0. The number of hydrogen-bond donors (Lipinski definition) is 1. The summed E-state index contributed by atoms with van der Waals surface area (Å²) in [5.74, 6) is 0.880. The van der Waals surface area contributed by atoms with Gasteiger partial charge in [0.1, 0.15) is 5.75 Å². The molecule has 1 aromatic carbocycles. The van der Waals surface area contributed by atoms with E-state index in [1.807, 2.05) is 31.2 Å². The van der Waals surface area contributed by atoms with Gasteiger partial charge in [-0.1, -0.05) is 18.2 Å². The molecule has 0 saturated heterocycles. The van der Waals surface area contributed by atoms with Crippen LogP contribution in [0.1, 0.15) is 5.56 Å². The lowest BCUT2D eigenvalue weighted by Crippen LogP contribution is -2.11. The van der Waals surface area contributed by atoms with E-state index in [0.29, 0.717) is 0 Å². The maximum Gasteiger partial charge on any atom is 0.150 e. The number of hydrogen-bond acceptors (Lipinski definition) is 2. The number of para-hydroxylation sites is 1. The van der Waals surface area contributed by atoms with E-state index in [0.717, 1.165) is 11.3 Å². The maximum absolute atomic E-state index is 5.09. The van der Waals surface area contributed by atoms with Crippen LogP contribution in [0.15, 0.2) is 24.3 Å². The summed E-state index contributed by atoms with van der Waals surface area (Å²) in [6.45, 7) is 2.01. The Bertz CT molecular complexity index is 210. The molecule has 0 unspecified atom stereocenters. The third-order valence-electron chi connectivity index (χ3n) is 1.31. The highest BCUT2D eigenvalue weighted by atomic mass is 16.6. The number of rotatable bonds is 2. The molecule has 0 spiro atoms. The Morgan fingerprint density at radius 3 is 2.60 bits per heavy atom. The van der Waals surface area contributed by atoms with Gasteiger partial charge in [-0.3, -0.25) is 0 Å². The molecule has 10 heavy (non-hydrogen) atoms. The van der Waals surface area contributed by atoms with Crippen LogP contribution in [-0.4, -0.2) is 7.05 Å². The molecule has 0 aliphatic carbocycles. The summed E-state index contributed by atoms with van der Waals surface area (Å²) in [7, 11) is 1.74. The minimum atomic E-state index is 0.880. The fourth-order valence-electron chi connectivity index (χ4n) is 0.781. The Balaban J connectivity index is 2.81. The van der Waals surface area contributed by atoms with Gasteiger partial charge in [-0.25, -0.2) is 0 Å². The predicted molar refractivity (Wildman–Crippen MR) is 40.9 cm³/mol. The molecule has 0 atom stereocenters.